The van der Waals surface area contributed by atoms with Crippen LogP contribution in [0.1, 0.15) is 5.56 Å². The number of carbonyl (C=O) groups excluding carboxylic acids is 1. The average Bonchev–Trinajstić information content (AvgIpc) is 2.56. The summed E-state index contributed by atoms with van der Waals surface area (Å²) >= 11 is 0. The molecule has 2 amide bonds. The van der Waals surface area contributed by atoms with Gasteiger partial charge in [0, 0.05) is 12.3 Å². The second-order valence-corrected chi connectivity index (χ2v) is 4.33. The van der Waals surface area contributed by atoms with Gasteiger partial charge in [0.05, 0.1) is 18.2 Å². The van der Waals surface area contributed by atoms with Crippen LogP contribution in [0.3, 0.4) is 0 Å². The summed E-state index contributed by atoms with van der Waals surface area (Å²) in [5.74, 6) is 0.384. The first-order valence-electron chi connectivity index (χ1n) is 6.55. The zero-order valence-corrected chi connectivity index (χ0v) is 12.5. The Balaban J connectivity index is 2.27. The molecule has 0 aliphatic heterocycles. The van der Waals surface area contributed by atoms with Gasteiger partial charge in [0.25, 0.3) is 5.88 Å². The third kappa shape index (κ3) is 4.16. The molecule has 0 aliphatic rings. The molecule has 124 valence electrons. The van der Waals surface area contributed by atoms with Gasteiger partial charge in [-0.05, 0) is 29.8 Å². The standard InChI is InChI=1S/C14H13N5O5/c1-23-12-7-9(8-17-18-14(15)20)4-5-11(12)24-13-10(19(21)22)3-2-6-16-13/h2-8H,1H3,(H3,15,18,20). The van der Waals surface area contributed by atoms with Gasteiger partial charge in [0.1, 0.15) is 0 Å². The van der Waals surface area contributed by atoms with Crippen LogP contribution < -0.4 is 20.6 Å². The number of hydrogen-bond acceptors (Lipinski definition) is 7. The zero-order valence-electron chi connectivity index (χ0n) is 12.5. The van der Waals surface area contributed by atoms with Crippen molar-refractivity contribution in [1.29, 1.82) is 0 Å². The maximum absolute atomic E-state index is 11.0. The van der Waals surface area contributed by atoms with Gasteiger partial charge in [-0.15, -0.1) is 0 Å². The molecular weight excluding hydrogens is 318 g/mol. The number of methoxy groups -OCH3 is 1. The molecule has 3 N–H and O–H groups in total. The molecule has 0 bridgehead atoms. The highest BCUT2D eigenvalue weighted by atomic mass is 16.6. The number of nitro groups is 1. The van der Waals surface area contributed by atoms with E-state index in [1.54, 1.807) is 12.1 Å². The number of benzene rings is 1. The summed E-state index contributed by atoms with van der Waals surface area (Å²) in [4.78, 5) is 24.8. The molecule has 0 saturated carbocycles. The molecule has 24 heavy (non-hydrogen) atoms. The third-order valence-electron chi connectivity index (χ3n) is 2.73. The van der Waals surface area contributed by atoms with E-state index in [1.807, 2.05) is 0 Å². The number of hydrogen-bond donors (Lipinski definition) is 2. The van der Waals surface area contributed by atoms with Crippen molar-refractivity contribution in [3.63, 3.8) is 0 Å². The molecule has 0 saturated heterocycles. The Morgan fingerprint density at radius 1 is 1.42 bits per heavy atom. The highest BCUT2D eigenvalue weighted by Gasteiger charge is 2.18. The topological polar surface area (TPSA) is 142 Å². The van der Waals surface area contributed by atoms with Crippen LogP contribution in [0, 0.1) is 10.1 Å². The number of nitrogens with two attached hydrogens (primary N) is 1. The predicted octanol–water partition coefficient (Wildman–Crippen LogP) is 1.79. The fourth-order valence-corrected chi connectivity index (χ4v) is 1.72. The average molecular weight is 331 g/mol. The van der Waals surface area contributed by atoms with Gasteiger partial charge < -0.3 is 15.2 Å². The number of urea groups is 1. The van der Waals surface area contributed by atoms with Crippen LogP contribution in [0.5, 0.6) is 17.4 Å². The molecule has 0 atom stereocenters. The minimum atomic E-state index is -0.791. The van der Waals surface area contributed by atoms with E-state index in [4.69, 9.17) is 15.2 Å². The summed E-state index contributed by atoms with van der Waals surface area (Å²) < 4.78 is 10.7. The monoisotopic (exact) mass is 331 g/mol. The lowest BCUT2D eigenvalue weighted by molar-refractivity contribution is -0.386. The predicted molar refractivity (Wildman–Crippen MR) is 84.3 cm³/mol. The maximum Gasteiger partial charge on any atom is 0.332 e. The minimum Gasteiger partial charge on any atom is -0.493 e. The van der Waals surface area contributed by atoms with Crippen LogP contribution in [-0.2, 0) is 0 Å². The first-order valence-corrected chi connectivity index (χ1v) is 6.55. The molecular formula is C14H13N5O5. The van der Waals surface area contributed by atoms with Crippen molar-refractivity contribution in [3.05, 3.63) is 52.2 Å². The number of hydrazone groups is 1. The van der Waals surface area contributed by atoms with Crippen molar-refractivity contribution in [2.24, 2.45) is 10.8 Å². The summed E-state index contributed by atoms with van der Waals surface area (Å²) in [6, 6.07) is 6.64. The van der Waals surface area contributed by atoms with E-state index < -0.39 is 11.0 Å². The Hall–Kier alpha value is -3.69. The molecule has 2 rings (SSSR count). The Bertz CT molecular complexity index is 793. The van der Waals surface area contributed by atoms with E-state index in [1.165, 1.54) is 37.7 Å². The van der Waals surface area contributed by atoms with Gasteiger partial charge >= 0.3 is 11.7 Å². The number of nitrogens with one attached hydrogen (secondary N) is 1. The highest BCUT2D eigenvalue weighted by molar-refractivity contribution is 5.82. The lowest BCUT2D eigenvalue weighted by Gasteiger charge is -2.10. The molecule has 1 aromatic carbocycles. The van der Waals surface area contributed by atoms with Crippen LogP contribution in [0.4, 0.5) is 10.5 Å². The zero-order chi connectivity index (χ0) is 17.5. The molecule has 0 radical (unpaired) electrons. The third-order valence-corrected chi connectivity index (χ3v) is 2.73. The van der Waals surface area contributed by atoms with Gasteiger partial charge in [0.2, 0.25) is 0 Å². The van der Waals surface area contributed by atoms with Crippen molar-refractivity contribution in [2.45, 2.75) is 0 Å². The highest BCUT2D eigenvalue weighted by Crippen LogP contribution is 2.34. The van der Waals surface area contributed by atoms with E-state index in [9.17, 15) is 14.9 Å². The van der Waals surface area contributed by atoms with Crippen LogP contribution in [0.2, 0.25) is 0 Å². The van der Waals surface area contributed by atoms with Crippen LogP contribution >= 0.6 is 0 Å². The maximum atomic E-state index is 11.0. The molecule has 1 heterocycles. The van der Waals surface area contributed by atoms with Gasteiger partial charge in [-0.3, -0.25) is 10.1 Å². The second kappa shape index (κ2) is 7.54. The van der Waals surface area contributed by atoms with Gasteiger partial charge in [-0.25, -0.2) is 15.2 Å². The lowest BCUT2D eigenvalue weighted by Crippen LogP contribution is -2.24. The molecule has 10 heteroatoms. The van der Waals surface area contributed by atoms with Gasteiger partial charge in [-0.2, -0.15) is 5.10 Å². The number of carbonyl (C=O) groups is 1. The van der Waals surface area contributed by atoms with Crippen molar-refractivity contribution in [1.82, 2.24) is 10.4 Å². The van der Waals surface area contributed by atoms with Gasteiger partial charge in [-0.1, -0.05) is 0 Å². The molecule has 0 aliphatic carbocycles. The largest absolute Gasteiger partial charge is 0.493 e. The summed E-state index contributed by atoms with van der Waals surface area (Å²) in [6.45, 7) is 0. The molecule has 1 aromatic heterocycles. The SMILES string of the molecule is COc1cc(C=NNC(N)=O)ccc1Oc1ncccc1[N+](=O)[O-]. The fraction of sp³-hybridized carbons (Fsp3) is 0.0714. The molecule has 10 nitrogen and oxygen atoms in total. The van der Waals surface area contributed by atoms with E-state index in [0.717, 1.165) is 0 Å². The van der Waals surface area contributed by atoms with Crippen LogP contribution in [0.25, 0.3) is 0 Å². The Morgan fingerprint density at radius 2 is 2.21 bits per heavy atom. The Labute approximate surface area is 136 Å². The lowest BCUT2D eigenvalue weighted by atomic mass is 10.2. The second-order valence-electron chi connectivity index (χ2n) is 4.33. The van der Waals surface area contributed by atoms with Gasteiger partial charge in [0.15, 0.2) is 11.5 Å². The van der Waals surface area contributed by atoms with Crippen molar-refractivity contribution < 1.29 is 19.2 Å². The Morgan fingerprint density at radius 3 is 2.88 bits per heavy atom. The van der Waals surface area contributed by atoms with Crippen molar-refractivity contribution in [3.8, 4) is 17.4 Å². The van der Waals surface area contributed by atoms with E-state index in [0.29, 0.717) is 11.3 Å². The van der Waals surface area contributed by atoms with Crippen LogP contribution in [-0.4, -0.2) is 29.3 Å². The summed E-state index contributed by atoms with van der Waals surface area (Å²) in [7, 11) is 1.41. The fourth-order valence-electron chi connectivity index (χ4n) is 1.72. The number of primary amides is 1. The van der Waals surface area contributed by atoms with E-state index >= 15 is 0 Å². The first-order chi connectivity index (χ1) is 11.5. The van der Waals surface area contributed by atoms with E-state index in [2.05, 4.69) is 15.5 Å². The van der Waals surface area contributed by atoms with Crippen molar-refractivity contribution in [2.75, 3.05) is 7.11 Å². The van der Waals surface area contributed by atoms with Crippen molar-refractivity contribution >= 4 is 17.9 Å². The molecule has 2 aromatic rings. The summed E-state index contributed by atoms with van der Waals surface area (Å²) in [5, 5.41) is 14.6. The molecule has 0 spiro atoms. The molecule has 0 unspecified atom stereocenters. The smallest absolute Gasteiger partial charge is 0.332 e. The number of aromatic nitrogens is 1. The number of nitrogens with zero attached hydrogens (tertiary/aromatic N) is 3. The molecule has 0 fully saturated rings. The number of ether oxygens (including phenoxy) is 2. The van der Waals surface area contributed by atoms with E-state index in [-0.39, 0.29) is 17.3 Å². The number of amides is 2. The summed E-state index contributed by atoms with van der Waals surface area (Å²) in [5.41, 5.74) is 7.27. The minimum absolute atomic E-state index is 0.155. The Kier molecular flexibility index (Phi) is 5.24. The number of rotatable bonds is 6. The quantitative estimate of drug-likeness (QED) is 0.469. The normalized spacial score (nSPS) is 10.4. The first kappa shape index (κ1) is 16.7. The summed E-state index contributed by atoms with van der Waals surface area (Å²) in [6.07, 6.45) is 2.73. The number of pyridine rings is 1. The van der Waals surface area contributed by atoms with Crippen LogP contribution in [0.15, 0.2) is 41.6 Å².